The lowest BCUT2D eigenvalue weighted by molar-refractivity contribution is 0.552. The molecule has 0 aliphatic rings. The summed E-state index contributed by atoms with van der Waals surface area (Å²) in [6.45, 7) is 0. The first-order chi connectivity index (χ1) is 18.7. The number of benzene rings is 5. The molecule has 0 fully saturated rings. The van der Waals surface area contributed by atoms with Crippen LogP contribution in [0.5, 0.6) is 0 Å². The predicted octanol–water partition coefficient (Wildman–Crippen LogP) is 8.00. The van der Waals surface area contributed by atoms with E-state index in [1.165, 1.54) is 12.1 Å². The fraction of sp³-hybridized carbons (Fsp3) is 0. The normalized spacial score (nSPS) is 12.4. The molecule has 38 heavy (non-hydrogen) atoms. The summed E-state index contributed by atoms with van der Waals surface area (Å²) in [6, 6.07) is 26.1. The van der Waals surface area contributed by atoms with E-state index >= 15 is 0 Å². The lowest BCUT2D eigenvalue weighted by Crippen LogP contribution is -1.96. The molecule has 0 unspecified atom stereocenters. The van der Waals surface area contributed by atoms with Gasteiger partial charge in [-0.05, 0) is 47.2 Å². The van der Waals surface area contributed by atoms with Gasteiger partial charge in [0.15, 0.2) is 22.3 Å². The molecule has 6 heteroatoms. The highest BCUT2D eigenvalue weighted by molar-refractivity contribution is 6.40. The topological polar surface area (TPSA) is 86.7 Å². The molecular formula is C32H14O6. The Morgan fingerprint density at radius 2 is 0.816 bits per heavy atom. The van der Waals surface area contributed by atoms with Gasteiger partial charge in [-0.2, -0.15) is 0 Å². The third-order valence-electron chi connectivity index (χ3n) is 7.54. The minimum absolute atomic E-state index is 0.418. The van der Waals surface area contributed by atoms with Crippen molar-refractivity contribution in [2.75, 3.05) is 0 Å². The summed E-state index contributed by atoms with van der Waals surface area (Å²) in [5, 5.41) is 9.12. The highest BCUT2D eigenvalue weighted by Gasteiger charge is 2.22. The van der Waals surface area contributed by atoms with Crippen LogP contribution in [0, 0.1) is 0 Å². The van der Waals surface area contributed by atoms with Gasteiger partial charge in [0.2, 0.25) is 0 Å². The second kappa shape index (κ2) is 6.69. The zero-order chi connectivity index (χ0) is 25.1. The molecule has 0 spiro atoms. The van der Waals surface area contributed by atoms with E-state index in [0.717, 1.165) is 53.9 Å². The van der Waals surface area contributed by atoms with Gasteiger partial charge in [0.25, 0.3) is 0 Å². The Morgan fingerprint density at radius 1 is 0.368 bits per heavy atom. The van der Waals surface area contributed by atoms with E-state index in [9.17, 15) is 9.59 Å². The maximum Gasteiger partial charge on any atom is 0.336 e. The minimum atomic E-state index is -0.431. The first-order valence-corrected chi connectivity index (χ1v) is 12.2. The van der Waals surface area contributed by atoms with E-state index in [1.807, 2.05) is 48.5 Å². The number of hydrogen-bond acceptors (Lipinski definition) is 6. The van der Waals surface area contributed by atoms with E-state index in [-0.39, 0.29) is 0 Å². The van der Waals surface area contributed by atoms with E-state index < -0.39 is 11.3 Å². The third kappa shape index (κ3) is 2.37. The average molecular weight is 494 g/mol. The molecule has 4 heterocycles. The van der Waals surface area contributed by atoms with Gasteiger partial charge in [0.05, 0.1) is 0 Å². The number of hydrogen-bond donors (Lipinski definition) is 0. The van der Waals surface area contributed by atoms with Crippen LogP contribution >= 0.6 is 0 Å². The molecular weight excluding hydrogens is 480 g/mol. The maximum absolute atomic E-state index is 12.1. The fourth-order valence-electron chi connectivity index (χ4n) is 6.02. The van der Waals surface area contributed by atoms with Crippen molar-refractivity contribution < 1.29 is 17.7 Å². The largest absolute Gasteiger partial charge is 0.452 e. The van der Waals surface area contributed by atoms with Gasteiger partial charge in [-0.25, -0.2) is 9.59 Å². The Morgan fingerprint density at radius 3 is 1.29 bits per heavy atom. The SMILES string of the molecule is O=c1ccc2ccc3c(oc4cccc5c4c3c3cccc4oc6c(ccc7ccc(=O)oc76)c5c43)c2o1. The average Bonchev–Trinajstić information content (AvgIpc) is 2.94. The van der Waals surface area contributed by atoms with E-state index in [2.05, 4.69) is 12.1 Å². The zero-order valence-electron chi connectivity index (χ0n) is 19.5. The Kier molecular flexibility index (Phi) is 3.48. The summed E-state index contributed by atoms with van der Waals surface area (Å²) in [7, 11) is 0. The second-order valence-electron chi connectivity index (χ2n) is 9.54. The van der Waals surface area contributed by atoms with Gasteiger partial charge in [0.1, 0.15) is 11.2 Å². The molecule has 0 saturated heterocycles. The molecule has 0 atom stereocenters. The summed E-state index contributed by atoms with van der Waals surface area (Å²) in [4.78, 5) is 24.2. The highest BCUT2D eigenvalue weighted by atomic mass is 16.4. The van der Waals surface area contributed by atoms with Crippen LogP contribution in [0.25, 0.3) is 87.4 Å². The molecule has 0 radical (unpaired) electrons. The molecule has 0 bridgehead atoms. The third-order valence-corrected chi connectivity index (χ3v) is 7.54. The quantitative estimate of drug-likeness (QED) is 0.121. The Balaban J connectivity index is 1.63. The van der Waals surface area contributed by atoms with E-state index in [0.29, 0.717) is 33.5 Å². The van der Waals surface area contributed by atoms with Gasteiger partial charge in [-0.3, -0.25) is 0 Å². The van der Waals surface area contributed by atoms with Crippen LogP contribution in [0.3, 0.4) is 0 Å². The van der Waals surface area contributed by atoms with Crippen LogP contribution in [-0.2, 0) is 0 Å². The van der Waals surface area contributed by atoms with Crippen LogP contribution in [-0.4, -0.2) is 0 Å². The second-order valence-corrected chi connectivity index (χ2v) is 9.54. The smallest absolute Gasteiger partial charge is 0.336 e. The van der Waals surface area contributed by atoms with E-state index in [4.69, 9.17) is 17.7 Å². The van der Waals surface area contributed by atoms with Crippen LogP contribution < -0.4 is 11.3 Å². The molecule has 0 amide bonds. The summed E-state index contributed by atoms with van der Waals surface area (Å²) < 4.78 is 24.2. The molecule has 9 aromatic rings. The molecule has 0 aliphatic heterocycles. The Hall–Kier alpha value is -5.36. The molecule has 178 valence electrons. The van der Waals surface area contributed by atoms with Crippen molar-refractivity contribution in [1.82, 2.24) is 0 Å². The van der Waals surface area contributed by atoms with Crippen molar-refractivity contribution in [1.29, 1.82) is 0 Å². The van der Waals surface area contributed by atoms with Crippen molar-refractivity contribution in [2.24, 2.45) is 0 Å². The number of rotatable bonds is 0. The fourth-order valence-corrected chi connectivity index (χ4v) is 6.02. The molecule has 0 saturated carbocycles. The van der Waals surface area contributed by atoms with Crippen molar-refractivity contribution in [3.05, 3.63) is 106 Å². The van der Waals surface area contributed by atoms with Crippen molar-refractivity contribution >= 4 is 87.4 Å². The van der Waals surface area contributed by atoms with Crippen LogP contribution in [0.2, 0.25) is 0 Å². The predicted molar refractivity (Wildman–Crippen MR) is 148 cm³/mol. The van der Waals surface area contributed by atoms with Crippen molar-refractivity contribution in [3.8, 4) is 0 Å². The molecule has 4 aromatic heterocycles. The lowest BCUT2D eigenvalue weighted by atomic mass is 9.90. The van der Waals surface area contributed by atoms with Crippen LogP contribution in [0.4, 0.5) is 0 Å². The van der Waals surface area contributed by atoms with E-state index in [1.54, 1.807) is 12.1 Å². The van der Waals surface area contributed by atoms with Gasteiger partial charge < -0.3 is 17.7 Å². The van der Waals surface area contributed by atoms with Gasteiger partial charge >= 0.3 is 11.3 Å². The first-order valence-electron chi connectivity index (χ1n) is 12.2. The Labute approximate surface area is 210 Å². The monoisotopic (exact) mass is 494 g/mol. The highest BCUT2D eigenvalue weighted by Crippen LogP contribution is 2.47. The molecule has 0 aliphatic carbocycles. The summed E-state index contributed by atoms with van der Waals surface area (Å²) >= 11 is 0. The first kappa shape index (κ1) is 19.8. The van der Waals surface area contributed by atoms with Gasteiger partial charge in [-0.1, -0.05) is 36.4 Å². The zero-order valence-corrected chi connectivity index (χ0v) is 19.5. The molecule has 0 N–H and O–H groups in total. The van der Waals surface area contributed by atoms with Crippen LogP contribution in [0.15, 0.2) is 112 Å². The Bertz CT molecular complexity index is 2430. The summed E-state index contributed by atoms with van der Waals surface area (Å²) in [5.74, 6) is 0. The van der Waals surface area contributed by atoms with Crippen LogP contribution in [0.1, 0.15) is 0 Å². The summed E-state index contributed by atoms with van der Waals surface area (Å²) in [6.07, 6.45) is 0. The molecule has 9 rings (SSSR count). The molecule has 5 aromatic carbocycles. The van der Waals surface area contributed by atoms with Crippen molar-refractivity contribution in [2.45, 2.75) is 0 Å². The minimum Gasteiger partial charge on any atom is -0.452 e. The molecule has 6 nitrogen and oxygen atoms in total. The summed E-state index contributed by atoms with van der Waals surface area (Å²) in [5.41, 5.74) is 2.36. The number of fused-ring (bicyclic) bond motifs is 10. The van der Waals surface area contributed by atoms with Gasteiger partial charge in [-0.15, -0.1) is 0 Å². The van der Waals surface area contributed by atoms with Gasteiger partial charge in [0, 0.05) is 55.2 Å². The standard InChI is InChI=1S/C32H14O6/c33-23-13-9-15-8-12-20-26-18-4-2-6-22-28(18)25(17-3-1-5-21(27(17)26)35-31(20)29(15)37-23)19-11-7-16-10-14-24(34)38-30(16)32(19)36-22/h1-14H. The van der Waals surface area contributed by atoms with Crippen molar-refractivity contribution in [3.63, 3.8) is 0 Å². The lowest BCUT2D eigenvalue weighted by Gasteiger charge is -2.17. The maximum atomic E-state index is 12.1.